The first-order chi connectivity index (χ1) is 10.8. The molecule has 0 amide bonds. The average molecular weight is 318 g/mol. The molecule has 4 nitrogen and oxygen atoms in total. The van der Waals surface area contributed by atoms with Crippen LogP contribution >= 0.6 is 11.6 Å². The van der Waals surface area contributed by atoms with Gasteiger partial charge in [-0.2, -0.15) is 0 Å². The summed E-state index contributed by atoms with van der Waals surface area (Å²) in [5.74, 6) is 1.58. The highest BCUT2D eigenvalue weighted by atomic mass is 35.5. The molecule has 0 aliphatic rings. The third kappa shape index (κ3) is 5.30. The third-order valence-corrected chi connectivity index (χ3v) is 3.40. The highest BCUT2D eigenvalue weighted by molar-refractivity contribution is 6.31. The van der Waals surface area contributed by atoms with E-state index in [2.05, 4.69) is 15.6 Å². The molecule has 0 saturated heterocycles. The van der Waals surface area contributed by atoms with E-state index >= 15 is 0 Å². The van der Waals surface area contributed by atoms with E-state index in [0.717, 1.165) is 22.3 Å². The van der Waals surface area contributed by atoms with Gasteiger partial charge in [-0.15, -0.1) is 0 Å². The molecule has 0 aliphatic carbocycles. The van der Waals surface area contributed by atoms with E-state index in [-0.39, 0.29) is 0 Å². The summed E-state index contributed by atoms with van der Waals surface area (Å²) in [5.41, 5.74) is 1.03. The second-order valence-electron chi connectivity index (χ2n) is 4.61. The Morgan fingerprint density at radius 3 is 2.50 bits per heavy atom. The largest absolute Gasteiger partial charge is 0.492 e. The zero-order valence-electron chi connectivity index (χ0n) is 12.6. The molecule has 0 saturated carbocycles. The van der Waals surface area contributed by atoms with Crippen LogP contribution in [0.4, 0.5) is 0 Å². The first-order valence-electron chi connectivity index (χ1n) is 7.15. The normalized spacial score (nSPS) is 11.1. The molecule has 2 aromatic rings. The summed E-state index contributed by atoms with van der Waals surface area (Å²) in [6, 6.07) is 17.5. The summed E-state index contributed by atoms with van der Waals surface area (Å²) in [6.07, 6.45) is 0. The molecule has 22 heavy (non-hydrogen) atoms. The maximum atomic E-state index is 6.13. The van der Waals surface area contributed by atoms with E-state index < -0.39 is 0 Å². The second kappa shape index (κ2) is 8.95. The fourth-order valence-electron chi connectivity index (χ4n) is 1.90. The van der Waals surface area contributed by atoms with Crippen molar-refractivity contribution in [3.05, 3.63) is 65.2 Å². The lowest BCUT2D eigenvalue weighted by molar-refractivity contribution is 0.322. The molecule has 0 atom stereocenters. The zero-order valence-corrected chi connectivity index (χ0v) is 13.3. The minimum atomic E-state index is 0.566. The first-order valence-corrected chi connectivity index (χ1v) is 7.53. The van der Waals surface area contributed by atoms with Crippen molar-refractivity contribution in [1.29, 1.82) is 0 Å². The number of rotatable bonds is 6. The van der Waals surface area contributed by atoms with Gasteiger partial charge in [-0.1, -0.05) is 48.0 Å². The van der Waals surface area contributed by atoms with Gasteiger partial charge in [0.05, 0.1) is 6.54 Å². The Balaban J connectivity index is 1.70. The molecule has 0 bridgehead atoms. The summed E-state index contributed by atoms with van der Waals surface area (Å²) in [7, 11) is 1.74. The van der Waals surface area contributed by atoms with Crippen molar-refractivity contribution in [2.75, 3.05) is 20.2 Å². The topological polar surface area (TPSA) is 45.7 Å². The lowest BCUT2D eigenvalue weighted by Crippen LogP contribution is -2.38. The molecule has 0 unspecified atom stereocenters. The Morgan fingerprint density at radius 1 is 1.05 bits per heavy atom. The minimum Gasteiger partial charge on any atom is -0.492 e. The number of aliphatic imine (C=N–C) groups is 1. The molecule has 0 aromatic heterocycles. The van der Waals surface area contributed by atoms with Crippen molar-refractivity contribution < 1.29 is 4.74 Å². The average Bonchev–Trinajstić information content (AvgIpc) is 2.56. The van der Waals surface area contributed by atoms with Gasteiger partial charge in [-0.25, -0.2) is 0 Å². The number of guanidine groups is 1. The monoisotopic (exact) mass is 317 g/mol. The number of halogens is 1. The van der Waals surface area contributed by atoms with Gasteiger partial charge in [-0.05, 0) is 23.8 Å². The molecule has 2 aromatic carbocycles. The number of hydrogen-bond donors (Lipinski definition) is 2. The summed E-state index contributed by atoms with van der Waals surface area (Å²) in [6.45, 7) is 1.85. The van der Waals surface area contributed by atoms with Crippen LogP contribution in [0.5, 0.6) is 5.75 Å². The molecule has 0 heterocycles. The molecular weight excluding hydrogens is 298 g/mol. The van der Waals surface area contributed by atoms with E-state index in [9.17, 15) is 0 Å². The predicted octanol–water partition coefficient (Wildman–Crippen LogP) is 3.08. The molecule has 2 rings (SSSR count). The van der Waals surface area contributed by atoms with Crippen molar-refractivity contribution >= 4 is 17.6 Å². The summed E-state index contributed by atoms with van der Waals surface area (Å²) >= 11 is 6.13. The second-order valence-corrected chi connectivity index (χ2v) is 5.01. The Bertz CT molecular complexity index is 602. The molecule has 0 fully saturated rings. The van der Waals surface area contributed by atoms with E-state index in [4.69, 9.17) is 16.3 Å². The predicted molar refractivity (Wildman–Crippen MR) is 91.6 cm³/mol. The Hall–Kier alpha value is -2.20. The van der Waals surface area contributed by atoms with Crippen molar-refractivity contribution in [1.82, 2.24) is 10.6 Å². The highest BCUT2D eigenvalue weighted by Gasteiger charge is 2.01. The maximum absolute atomic E-state index is 6.13. The number of nitrogens with zero attached hydrogens (tertiary/aromatic N) is 1. The van der Waals surface area contributed by atoms with Crippen LogP contribution in [0, 0.1) is 0 Å². The fourth-order valence-corrected chi connectivity index (χ4v) is 2.10. The van der Waals surface area contributed by atoms with Crippen molar-refractivity contribution in [3.63, 3.8) is 0 Å². The van der Waals surface area contributed by atoms with Gasteiger partial charge in [0.1, 0.15) is 12.4 Å². The quantitative estimate of drug-likeness (QED) is 0.489. The van der Waals surface area contributed by atoms with Crippen LogP contribution in [0.3, 0.4) is 0 Å². The highest BCUT2D eigenvalue weighted by Crippen LogP contribution is 2.14. The Kier molecular flexibility index (Phi) is 6.58. The molecular formula is C17H20ClN3O. The van der Waals surface area contributed by atoms with E-state index in [0.29, 0.717) is 19.7 Å². The van der Waals surface area contributed by atoms with Gasteiger partial charge in [0.15, 0.2) is 5.96 Å². The van der Waals surface area contributed by atoms with Gasteiger partial charge < -0.3 is 15.4 Å². The van der Waals surface area contributed by atoms with Crippen LogP contribution in [-0.2, 0) is 6.54 Å². The minimum absolute atomic E-state index is 0.566. The molecule has 0 aliphatic heterocycles. The van der Waals surface area contributed by atoms with Crippen molar-refractivity contribution in [2.45, 2.75) is 6.54 Å². The van der Waals surface area contributed by atoms with Crippen LogP contribution in [0.25, 0.3) is 0 Å². The van der Waals surface area contributed by atoms with Crippen LogP contribution < -0.4 is 15.4 Å². The molecule has 0 radical (unpaired) electrons. The van der Waals surface area contributed by atoms with Crippen molar-refractivity contribution in [2.24, 2.45) is 4.99 Å². The number of nitrogens with one attached hydrogen (secondary N) is 2. The van der Waals surface area contributed by atoms with Gasteiger partial charge in [0.25, 0.3) is 0 Å². The third-order valence-electron chi connectivity index (χ3n) is 3.03. The van der Waals surface area contributed by atoms with Crippen LogP contribution in [0.2, 0.25) is 5.02 Å². The SMILES string of the molecule is CN=C(NCCOc1ccccc1)NCc1ccccc1Cl. The lowest BCUT2D eigenvalue weighted by Gasteiger charge is -2.13. The first kappa shape index (κ1) is 16.2. The van der Waals surface area contributed by atoms with E-state index in [1.54, 1.807) is 7.05 Å². The maximum Gasteiger partial charge on any atom is 0.191 e. The molecule has 2 N–H and O–H groups in total. The van der Waals surface area contributed by atoms with Crippen LogP contribution in [-0.4, -0.2) is 26.2 Å². The van der Waals surface area contributed by atoms with Gasteiger partial charge >= 0.3 is 0 Å². The number of hydrogen-bond acceptors (Lipinski definition) is 2. The number of ether oxygens (including phenoxy) is 1. The smallest absolute Gasteiger partial charge is 0.191 e. The van der Waals surface area contributed by atoms with E-state index in [1.165, 1.54) is 0 Å². The Morgan fingerprint density at radius 2 is 1.77 bits per heavy atom. The fraction of sp³-hybridized carbons (Fsp3) is 0.235. The lowest BCUT2D eigenvalue weighted by atomic mass is 10.2. The standard InChI is InChI=1S/C17H20ClN3O/c1-19-17(21-13-14-7-5-6-10-16(14)18)20-11-12-22-15-8-3-2-4-9-15/h2-10H,11-13H2,1H3,(H2,19,20,21). The van der Waals surface area contributed by atoms with Gasteiger partial charge in [0, 0.05) is 18.6 Å². The van der Waals surface area contributed by atoms with Gasteiger partial charge in [-0.3, -0.25) is 4.99 Å². The number of para-hydroxylation sites is 1. The zero-order chi connectivity index (χ0) is 15.6. The van der Waals surface area contributed by atoms with Gasteiger partial charge in [0.2, 0.25) is 0 Å². The molecule has 116 valence electrons. The summed E-state index contributed by atoms with van der Waals surface area (Å²) in [4.78, 5) is 4.17. The molecule has 0 spiro atoms. The number of benzene rings is 2. The van der Waals surface area contributed by atoms with Crippen LogP contribution in [0.1, 0.15) is 5.56 Å². The van der Waals surface area contributed by atoms with E-state index in [1.807, 2.05) is 54.6 Å². The Labute approximate surface area is 136 Å². The summed E-state index contributed by atoms with van der Waals surface area (Å²) in [5, 5.41) is 7.17. The van der Waals surface area contributed by atoms with Crippen LogP contribution in [0.15, 0.2) is 59.6 Å². The summed E-state index contributed by atoms with van der Waals surface area (Å²) < 4.78 is 5.62. The molecule has 5 heteroatoms. The van der Waals surface area contributed by atoms with Crippen molar-refractivity contribution in [3.8, 4) is 5.75 Å².